The Balaban J connectivity index is 2.43. The van der Waals surface area contributed by atoms with Crippen LogP contribution in [0, 0.1) is 5.82 Å². The van der Waals surface area contributed by atoms with Crippen molar-refractivity contribution in [3.63, 3.8) is 0 Å². The van der Waals surface area contributed by atoms with E-state index in [1.807, 2.05) is 31.2 Å². The zero-order valence-electron chi connectivity index (χ0n) is 10.9. The molecule has 0 amide bonds. The minimum Gasteiger partial charge on any atom is -0.494 e. The van der Waals surface area contributed by atoms with Gasteiger partial charge in [0.1, 0.15) is 11.6 Å². The number of hydrogen-bond acceptors (Lipinski definition) is 2. The predicted octanol–water partition coefficient (Wildman–Crippen LogP) is 4.09. The SMILES string of the molecule is CCOc1ccc(-c2ccc(F)cc2C(C)=O)cc1. The van der Waals surface area contributed by atoms with Gasteiger partial charge in [-0.1, -0.05) is 18.2 Å². The Hall–Kier alpha value is -2.16. The number of halogens is 1. The summed E-state index contributed by atoms with van der Waals surface area (Å²) in [4.78, 5) is 11.6. The van der Waals surface area contributed by atoms with Gasteiger partial charge in [0.2, 0.25) is 0 Å². The Bertz CT molecular complexity index is 588. The predicted molar refractivity (Wildman–Crippen MR) is 73.0 cm³/mol. The fourth-order valence-electron chi connectivity index (χ4n) is 1.96. The summed E-state index contributed by atoms with van der Waals surface area (Å²) in [6.07, 6.45) is 0. The van der Waals surface area contributed by atoms with Crippen molar-refractivity contribution in [2.75, 3.05) is 6.61 Å². The molecule has 19 heavy (non-hydrogen) atoms. The van der Waals surface area contributed by atoms with Crippen LogP contribution in [0.15, 0.2) is 42.5 Å². The van der Waals surface area contributed by atoms with Gasteiger partial charge in [0.05, 0.1) is 6.61 Å². The Morgan fingerprint density at radius 2 is 1.84 bits per heavy atom. The van der Waals surface area contributed by atoms with E-state index in [2.05, 4.69) is 0 Å². The van der Waals surface area contributed by atoms with Gasteiger partial charge >= 0.3 is 0 Å². The van der Waals surface area contributed by atoms with Crippen LogP contribution < -0.4 is 4.74 Å². The molecule has 0 fully saturated rings. The van der Waals surface area contributed by atoms with Gasteiger partial charge in [-0.2, -0.15) is 0 Å². The zero-order chi connectivity index (χ0) is 13.8. The molecule has 2 aromatic rings. The average molecular weight is 258 g/mol. The molecule has 0 unspecified atom stereocenters. The molecule has 0 atom stereocenters. The smallest absolute Gasteiger partial charge is 0.160 e. The summed E-state index contributed by atoms with van der Waals surface area (Å²) < 4.78 is 18.6. The lowest BCUT2D eigenvalue weighted by Gasteiger charge is -2.09. The van der Waals surface area contributed by atoms with E-state index in [-0.39, 0.29) is 5.78 Å². The number of Topliss-reactive ketones (excluding diaryl/α,β-unsaturated/α-hetero) is 1. The monoisotopic (exact) mass is 258 g/mol. The van der Waals surface area contributed by atoms with Crippen molar-refractivity contribution in [1.82, 2.24) is 0 Å². The minimum atomic E-state index is -0.403. The van der Waals surface area contributed by atoms with Crippen molar-refractivity contribution in [3.05, 3.63) is 53.8 Å². The third-order valence-corrected chi connectivity index (χ3v) is 2.84. The summed E-state index contributed by atoms with van der Waals surface area (Å²) in [6, 6.07) is 11.7. The average Bonchev–Trinajstić information content (AvgIpc) is 2.40. The molecule has 0 aliphatic heterocycles. The standard InChI is InChI=1S/C16H15FO2/c1-3-19-14-7-4-12(5-8-14)15-9-6-13(17)10-16(15)11(2)18/h4-10H,3H2,1-2H3. The van der Waals surface area contributed by atoms with Gasteiger partial charge < -0.3 is 4.74 Å². The summed E-state index contributed by atoms with van der Waals surface area (Å²) in [7, 11) is 0. The first kappa shape index (κ1) is 13.3. The van der Waals surface area contributed by atoms with Gasteiger partial charge in [0, 0.05) is 5.56 Å². The van der Waals surface area contributed by atoms with Crippen LogP contribution >= 0.6 is 0 Å². The maximum Gasteiger partial charge on any atom is 0.160 e. The topological polar surface area (TPSA) is 26.3 Å². The molecular formula is C16H15FO2. The van der Waals surface area contributed by atoms with Crippen molar-refractivity contribution >= 4 is 5.78 Å². The van der Waals surface area contributed by atoms with E-state index in [9.17, 15) is 9.18 Å². The van der Waals surface area contributed by atoms with E-state index >= 15 is 0 Å². The molecule has 0 aliphatic carbocycles. The maximum absolute atomic E-state index is 13.2. The van der Waals surface area contributed by atoms with Crippen molar-refractivity contribution < 1.29 is 13.9 Å². The maximum atomic E-state index is 13.2. The Kier molecular flexibility index (Phi) is 3.95. The number of hydrogen-bond donors (Lipinski definition) is 0. The highest BCUT2D eigenvalue weighted by Gasteiger charge is 2.10. The molecule has 0 aliphatic rings. The second-order valence-electron chi connectivity index (χ2n) is 4.20. The van der Waals surface area contributed by atoms with Gasteiger partial charge in [-0.3, -0.25) is 4.79 Å². The third kappa shape index (κ3) is 2.99. The van der Waals surface area contributed by atoms with Crippen LogP contribution in [0.1, 0.15) is 24.2 Å². The fourth-order valence-corrected chi connectivity index (χ4v) is 1.96. The quantitative estimate of drug-likeness (QED) is 0.772. The minimum absolute atomic E-state index is 0.150. The van der Waals surface area contributed by atoms with Crippen LogP contribution in [0.5, 0.6) is 5.75 Å². The first-order valence-electron chi connectivity index (χ1n) is 6.15. The van der Waals surface area contributed by atoms with E-state index in [1.54, 1.807) is 6.07 Å². The molecular weight excluding hydrogens is 243 g/mol. The van der Waals surface area contributed by atoms with Crippen LogP contribution in [0.25, 0.3) is 11.1 Å². The van der Waals surface area contributed by atoms with Crippen molar-refractivity contribution in [3.8, 4) is 16.9 Å². The second kappa shape index (κ2) is 5.65. The van der Waals surface area contributed by atoms with Crippen LogP contribution in [0.2, 0.25) is 0 Å². The van der Waals surface area contributed by atoms with E-state index in [0.717, 1.165) is 16.9 Å². The van der Waals surface area contributed by atoms with Crippen LogP contribution in [0.4, 0.5) is 4.39 Å². The van der Waals surface area contributed by atoms with E-state index < -0.39 is 5.82 Å². The molecule has 0 N–H and O–H groups in total. The summed E-state index contributed by atoms with van der Waals surface area (Å²) in [5.41, 5.74) is 2.00. The van der Waals surface area contributed by atoms with Gasteiger partial charge in [0.15, 0.2) is 5.78 Å². The number of carbonyl (C=O) groups excluding carboxylic acids is 1. The van der Waals surface area contributed by atoms with Gasteiger partial charge in [-0.25, -0.2) is 4.39 Å². The molecule has 0 spiro atoms. The highest BCUT2D eigenvalue weighted by Crippen LogP contribution is 2.27. The molecule has 0 radical (unpaired) electrons. The Labute approximate surface area is 111 Å². The van der Waals surface area contributed by atoms with Gasteiger partial charge in [-0.15, -0.1) is 0 Å². The summed E-state index contributed by atoms with van der Waals surface area (Å²) in [6.45, 7) is 3.96. The lowest BCUT2D eigenvalue weighted by atomic mass is 9.97. The number of carbonyl (C=O) groups is 1. The van der Waals surface area contributed by atoms with Crippen LogP contribution in [-0.2, 0) is 0 Å². The highest BCUT2D eigenvalue weighted by molar-refractivity contribution is 6.00. The molecule has 2 rings (SSSR count). The molecule has 98 valence electrons. The highest BCUT2D eigenvalue weighted by atomic mass is 19.1. The number of rotatable bonds is 4. The molecule has 2 aromatic carbocycles. The molecule has 3 heteroatoms. The van der Waals surface area contributed by atoms with E-state index in [4.69, 9.17) is 4.74 Å². The summed E-state index contributed by atoms with van der Waals surface area (Å²) in [5, 5.41) is 0. The largest absolute Gasteiger partial charge is 0.494 e. The van der Waals surface area contributed by atoms with Crippen LogP contribution in [-0.4, -0.2) is 12.4 Å². The normalized spacial score (nSPS) is 10.3. The van der Waals surface area contributed by atoms with Crippen molar-refractivity contribution in [1.29, 1.82) is 0 Å². The van der Waals surface area contributed by atoms with E-state index in [1.165, 1.54) is 19.1 Å². The first-order valence-corrected chi connectivity index (χ1v) is 6.15. The lowest BCUT2D eigenvalue weighted by Crippen LogP contribution is -1.97. The summed E-state index contributed by atoms with van der Waals surface area (Å²) >= 11 is 0. The zero-order valence-corrected chi connectivity index (χ0v) is 10.9. The fraction of sp³-hybridized carbons (Fsp3) is 0.188. The van der Waals surface area contributed by atoms with E-state index in [0.29, 0.717) is 12.2 Å². The molecule has 0 bridgehead atoms. The molecule has 0 saturated carbocycles. The van der Waals surface area contributed by atoms with Crippen molar-refractivity contribution in [2.24, 2.45) is 0 Å². The first-order chi connectivity index (χ1) is 9.11. The third-order valence-electron chi connectivity index (χ3n) is 2.84. The van der Waals surface area contributed by atoms with Crippen LogP contribution in [0.3, 0.4) is 0 Å². The molecule has 2 nitrogen and oxygen atoms in total. The van der Waals surface area contributed by atoms with Gasteiger partial charge in [-0.05, 0) is 49.2 Å². The molecule has 0 heterocycles. The Morgan fingerprint density at radius 1 is 1.16 bits per heavy atom. The van der Waals surface area contributed by atoms with Gasteiger partial charge in [0.25, 0.3) is 0 Å². The second-order valence-corrected chi connectivity index (χ2v) is 4.20. The molecule has 0 aromatic heterocycles. The summed E-state index contributed by atoms with van der Waals surface area (Å²) in [5.74, 6) is 0.223. The molecule has 0 saturated heterocycles. The Morgan fingerprint density at radius 3 is 2.42 bits per heavy atom. The number of ketones is 1. The van der Waals surface area contributed by atoms with Crippen molar-refractivity contribution in [2.45, 2.75) is 13.8 Å². The number of benzene rings is 2. The number of ether oxygens (including phenoxy) is 1. The lowest BCUT2D eigenvalue weighted by molar-refractivity contribution is 0.101.